The summed E-state index contributed by atoms with van der Waals surface area (Å²) in [7, 11) is 1.63. The van der Waals surface area contributed by atoms with Crippen LogP contribution in [0.4, 0.5) is 0 Å². The Morgan fingerprint density at radius 1 is 1.28 bits per heavy atom. The second-order valence-electron chi connectivity index (χ2n) is 6.34. The molecular formula is C17H23N5O2S. The largest absolute Gasteiger partial charge is 0.497 e. The highest BCUT2D eigenvalue weighted by Gasteiger charge is 2.26. The van der Waals surface area contributed by atoms with Crippen LogP contribution in [0.15, 0.2) is 29.4 Å². The molecule has 0 saturated carbocycles. The van der Waals surface area contributed by atoms with Crippen LogP contribution in [0.5, 0.6) is 5.75 Å². The SMILES string of the molecule is COc1ccc(-n2nnnc2SC(C)C(=O)N2CCC(C)CC2)cc1. The maximum atomic E-state index is 12.7. The molecule has 0 spiro atoms. The van der Waals surface area contributed by atoms with Crippen LogP contribution in [0.25, 0.3) is 5.69 Å². The molecule has 0 bridgehead atoms. The first-order chi connectivity index (χ1) is 12.1. The molecule has 8 heteroatoms. The third-order valence-corrected chi connectivity index (χ3v) is 5.50. The zero-order valence-electron chi connectivity index (χ0n) is 14.8. The van der Waals surface area contributed by atoms with Gasteiger partial charge in [-0.3, -0.25) is 4.79 Å². The summed E-state index contributed by atoms with van der Waals surface area (Å²) in [5.74, 6) is 1.63. The lowest BCUT2D eigenvalue weighted by Gasteiger charge is -2.31. The van der Waals surface area contributed by atoms with Crippen molar-refractivity contribution >= 4 is 17.7 Å². The number of hydrogen-bond donors (Lipinski definition) is 0. The van der Waals surface area contributed by atoms with Gasteiger partial charge in [-0.25, -0.2) is 0 Å². The second-order valence-corrected chi connectivity index (χ2v) is 7.65. The number of aromatic nitrogens is 4. The van der Waals surface area contributed by atoms with Gasteiger partial charge in [0.05, 0.1) is 18.0 Å². The summed E-state index contributed by atoms with van der Waals surface area (Å²) in [6, 6.07) is 7.49. The minimum atomic E-state index is -0.226. The molecule has 25 heavy (non-hydrogen) atoms. The Morgan fingerprint density at radius 2 is 1.96 bits per heavy atom. The van der Waals surface area contributed by atoms with Gasteiger partial charge in [0.1, 0.15) is 5.75 Å². The van der Waals surface area contributed by atoms with E-state index in [4.69, 9.17) is 4.74 Å². The smallest absolute Gasteiger partial charge is 0.235 e. The maximum Gasteiger partial charge on any atom is 0.235 e. The monoisotopic (exact) mass is 361 g/mol. The van der Waals surface area contributed by atoms with Gasteiger partial charge in [0, 0.05) is 13.1 Å². The van der Waals surface area contributed by atoms with Crippen molar-refractivity contribution in [3.8, 4) is 11.4 Å². The Kier molecular flexibility index (Phi) is 5.57. The predicted octanol–water partition coefficient (Wildman–Crippen LogP) is 2.41. The number of hydrogen-bond acceptors (Lipinski definition) is 6. The van der Waals surface area contributed by atoms with E-state index >= 15 is 0 Å². The van der Waals surface area contributed by atoms with Gasteiger partial charge in [0.2, 0.25) is 11.1 Å². The van der Waals surface area contributed by atoms with Crippen molar-refractivity contribution in [2.24, 2.45) is 5.92 Å². The van der Waals surface area contributed by atoms with Crippen molar-refractivity contribution in [2.45, 2.75) is 37.1 Å². The molecule has 1 aromatic heterocycles. The molecule has 1 aromatic carbocycles. The van der Waals surface area contributed by atoms with Crippen LogP contribution < -0.4 is 4.74 Å². The van der Waals surface area contributed by atoms with Crippen molar-refractivity contribution in [2.75, 3.05) is 20.2 Å². The lowest BCUT2D eigenvalue weighted by atomic mass is 9.99. The Balaban J connectivity index is 1.68. The first-order valence-electron chi connectivity index (χ1n) is 8.46. The van der Waals surface area contributed by atoms with Crippen molar-refractivity contribution in [1.29, 1.82) is 0 Å². The number of methoxy groups -OCH3 is 1. The van der Waals surface area contributed by atoms with E-state index < -0.39 is 0 Å². The molecule has 1 amide bonds. The Morgan fingerprint density at radius 3 is 2.60 bits per heavy atom. The number of thioether (sulfide) groups is 1. The highest BCUT2D eigenvalue weighted by atomic mass is 32.2. The molecule has 1 aliphatic rings. The highest BCUT2D eigenvalue weighted by molar-refractivity contribution is 8.00. The fraction of sp³-hybridized carbons (Fsp3) is 0.529. The molecule has 1 atom stereocenters. The zero-order valence-corrected chi connectivity index (χ0v) is 15.6. The molecular weight excluding hydrogens is 338 g/mol. The van der Waals surface area contributed by atoms with Gasteiger partial charge in [-0.15, -0.1) is 5.10 Å². The van der Waals surface area contributed by atoms with Gasteiger partial charge in [0.15, 0.2) is 0 Å². The van der Waals surface area contributed by atoms with Crippen molar-refractivity contribution in [1.82, 2.24) is 25.1 Å². The first-order valence-corrected chi connectivity index (χ1v) is 9.34. The van der Waals surface area contributed by atoms with Crippen LogP contribution in [0, 0.1) is 5.92 Å². The number of piperidine rings is 1. The molecule has 1 saturated heterocycles. The standard InChI is InChI=1S/C17H23N5O2S/c1-12-8-10-21(11-9-12)16(23)13(2)25-17-18-19-20-22(17)14-4-6-15(24-3)7-5-14/h4-7,12-13H,8-11H2,1-3H3. The number of carbonyl (C=O) groups excluding carboxylic acids is 1. The molecule has 0 aliphatic carbocycles. The molecule has 134 valence electrons. The fourth-order valence-corrected chi connectivity index (χ4v) is 3.72. The van der Waals surface area contributed by atoms with Crippen LogP contribution in [0.2, 0.25) is 0 Å². The third-order valence-electron chi connectivity index (χ3n) is 4.48. The number of amides is 1. The molecule has 3 rings (SSSR count). The van der Waals surface area contributed by atoms with E-state index in [2.05, 4.69) is 22.4 Å². The number of nitrogens with zero attached hydrogens (tertiary/aromatic N) is 5. The van der Waals surface area contributed by atoms with Crippen molar-refractivity contribution in [3.05, 3.63) is 24.3 Å². The van der Waals surface area contributed by atoms with Crippen LogP contribution in [0.3, 0.4) is 0 Å². The normalized spacial score (nSPS) is 16.7. The number of benzene rings is 1. The molecule has 1 fully saturated rings. The summed E-state index contributed by atoms with van der Waals surface area (Å²) in [4.78, 5) is 14.6. The maximum absolute atomic E-state index is 12.7. The van der Waals surface area contributed by atoms with E-state index in [-0.39, 0.29) is 11.2 Å². The van der Waals surface area contributed by atoms with E-state index in [9.17, 15) is 4.79 Å². The quantitative estimate of drug-likeness (QED) is 0.762. The summed E-state index contributed by atoms with van der Waals surface area (Å²) in [5.41, 5.74) is 0.833. The first kappa shape index (κ1) is 17.7. The van der Waals surface area contributed by atoms with E-state index in [0.29, 0.717) is 11.1 Å². The van der Waals surface area contributed by atoms with E-state index in [1.165, 1.54) is 11.8 Å². The van der Waals surface area contributed by atoms with Crippen LogP contribution in [-0.2, 0) is 4.79 Å². The summed E-state index contributed by atoms with van der Waals surface area (Å²) in [6.45, 7) is 5.84. The minimum absolute atomic E-state index is 0.154. The van der Waals surface area contributed by atoms with Crippen molar-refractivity contribution in [3.63, 3.8) is 0 Å². The lowest BCUT2D eigenvalue weighted by molar-refractivity contribution is -0.131. The van der Waals surface area contributed by atoms with Gasteiger partial charge in [-0.1, -0.05) is 18.7 Å². The van der Waals surface area contributed by atoms with E-state index in [1.807, 2.05) is 36.1 Å². The number of likely N-dealkylation sites (tertiary alicyclic amines) is 1. The van der Waals surface area contributed by atoms with Gasteiger partial charge < -0.3 is 9.64 Å². The zero-order chi connectivity index (χ0) is 17.8. The van der Waals surface area contributed by atoms with Crippen molar-refractivity contribution < 1.29 is 9.53 Å². The molecule has 2 heterocycles. The van der Waals surface area contributed by atoms with Gasteiger partial charge in [-0.05, 0) is 60.4 Å². The van der Waals surface area contributed by atoms with Gasteiger partial charge in [-0.2, -0.15) is 4.68 Å². The molecule has 1 unspecified atom stereocenters. The summed E-state index contributed by atoms with van der Waals surface area (Å²) in [5, 5.41) is 12.3. The van der Waals surface area contributed by atoms with Gasteiger partial charge >= 0.3 is 0 Å². The fourth-order valence-electron chi connectivity index (χ4n) is 2.83. The van der Waals surface area contributed by atoms with Crippen LogP contribution >= 0.6 is 11.8 Å². The topological polar surface area (TPSA) is 73.1 Å². The molecule has 1 aliphatic heterocycles. The number of rotatable bonds is 5. The lowest BCUT2D eigenvalue weighted by Crippen LogP contribution is -2.41. The average Bonchev–Trinajstić information content (AvgIpc) is 3.10. The third kappa shape index (κ3) is 4.12. The number of tetrazole rings is 1. The Bertz CT molecular complexity index is 710. The van der Waals surface area contributed by atoms with Crippen LogP contribution in [0.1, 0.15) is 26.7 Å². The van der Waals surface area contributed by atoms with Crippen LogP contribution in [-0.4, -0.2) is 56.5 Å². The van der Waals surface area contributed by atoms with E-state index in [0.717, 1.165) is 37.4 Å². The minimum Gasteiger partial charge on any atom is -0.497 e. The Hall–Kier alpha value is -2.09. The molecule has 0 radical (unpaired) electrons. The number of ether oxygens (including phenoxy) is 1. The van der Waals surface area contributed by atoms with E-state index in [1.54, 1.807) is 11.8 Å². The average molecular weight is 361 g/mol. The second kappa shape index (κ2) is 7.86. The Labute approximate surface area is 151 Å². The molecule has 2 aromatic rings. The number of carbonyl (C=O) groups is 1. The summed E-state index contributed by atoms with van der Waals surface area (Å²) >= 11 is 1.39. The molecule has 7 nitrogen and oxygen atoms in total. The summed E-state index contributed by atoms with van der Waals surface area (Å²) in [6.07, 6.45) is 2.15. The predicted molar refractivity (Wildman–Crippen MR) is 96.0 cm³/mol. The summed E-state index contributed by atoms with van der Waals surface area (Å²) < 4.78 is 6.82. The van der Waals surface area contributed by atoms with Gasteiger partial charge in [0.25, 0.3) is 0 Å². The molecule has 0 N–H and O–H groups in total. The highest BCUT2D eigenvalue weighted by Crippen LogP contribution is 2.26.